The maximum atomic E-state index is 13.1. The summed E-state index contributed by atoms with van der Waals surface area (Å²) < 4.78 is 68.3. The van der Waals surface area contributed by atoms with E-state index in [0.29, 0.717) is 25.7 Å². The summed E-state index contributed by atoms with van der Waals surface area (Å²) in [7, 11) is -9.99. The van der Waals surface area contributed by atoms with Crippen LogP contribution in [-0.4, -0.2) is 96.7 Å². The standard InChI is InChI=1S/C81H136O17P2/c1-5-9-13-17-21-25-29-32-35-36-37-38-41-43-47-50-54-58-62-66-79(84)92-72-77(98-81(86)68-64-60-56-52-48-44-40-34-31-27-23-19-15-11-7-3)74-96-100(89,90)94-70-75(82)69-93-99(87,88)95-73-76(97-80(85)67-63-59-55-51-45-28-24-20-16-12-8-4)71-91-78(83)65-61-57-53-49-46-42-39-33-30-26-22-18-14-10-6-2/h9,11,13,15,20-21,23-25,27,32-35,37-40,48,52,60,64,75-77,82H,5-8,10,12,14,16-19,22,26,28-31,36,41-47,49-51,53-59,61-63,65-74H2,1-4H3,(H,87,88)(H,89,90)/b13-9-,15-11-,24-20-,25-21-,27-23-,35-32-,38-37-,39-33-,40-34-,52-48-,64-60-. The Kier molecular flexibility index (Phi) is 69.1. The lowest BCUT2D eigenvalue weighted by atomic mass is 10.1. The Morgan fingerprint density at radius 2 is 0.570 bits per heavy atom. The molecule has 0 aromatic rings. The first-order valence-corrected chi connectivity index (χ1v) is 41.4. The van der Waals surface area contributed by atoms with Crippen molar-refractivity contribution in [3.8, 4) is 0 Å². The van der Waals surface area contributed by atoms with Gasteiger partial charge in [0.25, 0.3) is 0 Å². The van der Waals surface area contributed by atoms with E-state index >= 15 is 0 Å². The number of aliphatic hydroxyl groups excluding tert-OH is 1. The Hall–Kier alpha value is -4.80. The quantitative estimate of drug-likeness (QED) is 0.0169. The summed E-state index contributed by atoms with van der Waals surface area (Å²) in [6.45, 7) is 4.45. The molecule has 0 aliphatic heterocycles. The number of unbranched alkanes of at least 4 members (excludes halogenated alkanes) is 24. The normalized spacial score (nSPS) is 14.7. The van der Waals surface area contributed by atoms with Crippen LogP contribution in [0.3, 0.4) is 0 Å². The smallest absolute Gasteiger partial charge is 0.462 e. The van der Waals surface area contributed by atoms with Crippen molar-refractivity contribution >= 4 is 39.5 Å². The van der Waals surface area contributed by atoms with Gasteiger partial charge in [-0.15, -0.1) is 0 Å². The van der Waals surface area contributed by atoms with Gasteiger partial charge in [0, 0.05) is 19.3 Å². The third-order valence-electron chi connectivity index (χ3n) is 15.6. The van der Waals surface area contributed by atoms with Gasteiger partial charge >= 0.3 is 39.5 Å². The van der Waals surface area contributed by atoms with Gasteiger partial charge in [0.05, 0.1) is 32.8 Å². The average Bonchev–Trinajstić information content (AvgIpc) is 0.926. The van der Waals surface area contributed by atoms with Crippen molar-refractivity contribution < 1.29 is 80.2 Å². The summed E-state index contributed by atoms with van der Waals surface area (Å²) in [4.78, 5) is 72.8. The number of hydrogen-bond acceptors (Lipinski definition) is 15. The van der Waals surface area contributed by atoms with Crippen LogP contribution in [0, 0.1) is 0 Å². The van der Waals surface area contributed by atoms with E-state index in [1.54, 1.807) is 12.2 Å². The van der Waals surface area contributed by atoms with Crippen LogP contribution in [0.4, 0.5) is 0 Å². The van der Waals surface area contributed by atoms with Crippen LogP contribution in [0.15, 0.2) is 134 Å². The van der Waals surface area contributed by atoms with E-state index in [2.05, 4.69) is 137 Å². The fourth-order valence-electron chi connectivity index (χ4n) is 9.79. The highest BCUT2D eigenvalue weighted by Gasteiger charge is 2.30. The molecule has 0 saturated heterocycles. The number of ether oxygens (including phenoxy) is 4. The minimum Gasteiger partial charge on any atom is -0.462 e. The predicted molar refractivity (Wildman–Crippen MR) is 408 cm³/mol. The molecule has 3 N–H and O–H groups in total. The lowest BCUT2D eigenvalue weighted by Crippen LogP contribution is -2.30. The third kappa shape index (κ3) is 71.6. The number of hydrogen-bond donors (Lipinski definition) is 3. The first-order valence-electron chi connectivity index (χ1n) is 38.4. The predicted octanol–water partition coefficient (Wildman–Crippen LogP) is 22.1. The molecule has 0 aliphatic carbocycles. The fourth-order valence-corrected chi connectivity index (χ4v) is 11.4. The SMILES string of the molecule is CC/C=C\C/C=C\C/C=C\C/C=C\C/C=C\CC(=O)OC(COC(=O)CCCCCCCC/C=C\C/C=C\C/C=C\C/C=C\CC)COP(=O)(O)OCC(O)COP(=O)(O)OCC(COC(=O)CCCCCCC/C=C\CCCCCCCC)OC(=O)CCCCCCC/C=C\CCCC. The van der Waals surface area contributed by atoms with Crippen LogP contribution in [0.2, 0.25) is 0 Å². The van der Waals surface area contributed by atoms with Gasteiger partial charge < -0.3 is 33.8 Å². The summed E-state index contributed by atoms with van der Waals surface area (Å²) in [5.41, 5.74) is 0. The summed E-state index contributed by atoms with van der Waals surface area (Å²) in [5, 5.41) is 10.6. The van der Waals surface area contributed by atoms with Crippen LogP contribution in [0.5, 0.6) is 0 Å². The molecule has 572 valence electrons. The van der Waals surface area contributed by atoms with Gasteiger partial charge in [-0.2, -0.15) is 0 Å². The van der Waals surface area contributed by atoms with Gasteiger partial charge in [0.2, 0.25) is 0 Å². The van der Waals surface area contributed by atoms with Crippen molar-refractivity contribution in [3.05, 3.63) is 134 Å². The van der Waals surface area contributed by atoms with Crippen LogP contribution >= 0.6 is 15.6 Å². The monoisotopic (exact) mass is 1440 g/mol. The van der Waals surface area contributed by atoms with Crippen molar-refractivity contribution in [2.75, 3.05) is 39.6 Å². The van der Waals surface area contributed by atoms with Crippen molar-refractivity contribution in [2.24, 2.45) is 0 Å². The second-order valence-electron chi connectivity index (χ2n) is 25.2. The summed E-state index contributed by atoms with van der Waals surface area (Å²) in [6, 6.07) is 0. The number of phosphoric acid groups is 2. The maximum absolute atomic E-state index is 13.1. The first-order chi connectivity index (χ1) is 48.7. The van der Waals surface area contributed by atoms with Gasteiger partial charge in [0.15, 0.2) is 12.2 Å². The Morgan fingerprint density at radius 3 is 0.930 bits per heavy atom. The zero-order valence-corrected chi connectivity index (χ0v) is 64.1. The minimum absolute atomic E-state index is 0.0785. The van der Waals surface area contributed by atoms with E-state index in [1.165, 1.54) is 51.4 Å². The van der Waals surface area contributed by atoms with Gasteiger partial charge in [0.1, 0.15) is 19.3 Å². The van der Waals surface area contributed by atoms with Crippen LogP contribution in [0.25, 0.3) is 0 Å². The summed E-state index contributed by atoms with van der Waals surface area (Å²) >= 11 is 0. The van der Waals surface area contributed by atoms with E-state index < -0.39 is 97.5 Å². The molecule has 0 bridgehead atoms. The largest absolute Gasteiger partial charge is 0.472 e. The number of rotatable bonds is 71. The zero-order chi connectivity index (χ0) is 73.2. The molecule has 19 heteroatoms. The van der Waals surface area contributed by atoms with E-state index in [1.807, 2.05) is 12.2 Å². The zero-order valence-electron chi connectivity index (χ0n) is 62.3. The Bertz CT molecular complexity index is 2420. The van der Waals surface area contributed by atoms with Crippen molar-refractivity contribution in [3.63, 3.8) is 0 Å². The number of carbonyl (C=O) groups excluding carboxylic acids is 4. The number of aliphatic hydroxyl groups is 1. The average molecular weight is 1440 g/mol. The molecule has 0 aromatic heterocycles. The number of esters is 4. The summed E-state index contributed by atoms with van der Waals surface area (Å²) in [5.74, 6) is -2.36. The van der Waals surface area contributed by atoms with Gasteiger partial charge in [-0.3, -0.25) is 37.3 Å². The van der Waals surface area contributed by atoms with Crippen molar-refractivity contribution in [2.45, 2.75) is 316 Å². The minimum atomic E-state index is -5.01. The molecule has 0 spiro atoms. The second kappa shape index (κ2) is 72.5. The van der Waals surface area contributed by atoms with E-state index in [4.69, 9.17) is 37.0 Å². The molecule has 0 saturated carbocycles. The second-order valence-corrected chi connectivity index (χ2v) is 28.1. The topological polar surface area (TPSA) is 237 Å². The highest BCUT2D eigenvalue weighted by Crippen LogP contribution is 2.45. The lowest BCUT2D eigenvalue weighted by molar-refractivity contribution is -0.161. The highest BCUT2D eigenvalue weighted by molar-refractivity contribution is 7.47. The molecule has 0 radical (unpaired) electrons. The van der Waals surface area contributed by atoms with Crippen molar-refractivity contribution in [1.29, 1.82) is 0 Å². The molecule has 0 fully saturated rings. The van der Waals surface area contributed by atoms with E-state index in [-0.39, 0.29) is 25.7 Å². The molecule has 0 aliphatic rings. The molecular weight excluding hydrogens is 1310 g/mol. The summed E-state index contributed by atoms with van der Waals surface area (Å²) in [6.07, 6.45) is 80.5. The third-order valence-corrected chi connectivity index (χ3v) is 17.5. The van der Waals surface area contributed by atoms with Crippen molar-refractivity contribution in [1.82, 2.24) is 0 Å². The first kappa shape index (κ1) is 95.2. The van der Waals surface area contributed by atoms with Crippen LogP contribution in [-0.2, 0) is 65.4 Å². The Labute approximate surface area is 605 Å². The highest BCUT2D eigenvalue weighted by atomic mass is 31.2. The van der Waals surface area contributed by atoms with Crippen LogP contribution < -0.4 is 0 Å². The van der Waals surface area contributed by atoms with E-state index in [0.717, 1.165) is 167 Å². The van der Waals surface area contributed by atoms with Crippen LogP contribution in [0.1, 0.15) is 297 Å². The van der Waals surface area contributed by atoms with E-state index in [9.17, 15) is 43.2 Å². The van der Waals surface area contributed by atoms with Gasteiger partial charge in [-0.25, -0.2) is 9.13 Å². The fraction of sp³-hybridized carbons (Fsp3) is 0.679. The molecule has 5 atom stereocenters. The number of carbonyl (C=O) groups is 4. The molecule has 0 aromatic carbocycles. The molecule has 0 heterocycles. The molecule has 100 heavy (non-hydrogen) atoms. The number of allylic oxidation sites excluding steroid dienone is 21. The molecule has 0 amide bonds. The Morgan fingerprint density at radius 1 is 0.300 bits per heavy atom. The molecule has 0 rings (SSSR count). The maximum Gasteiger partial charge on any atom is 0.472 e. The molecular formula is C81H136O17P2. The Balaban J connectivity index is 5.41. The van der Waals surface area contributed by atoms with Gasteiger partial charge in [-0.1, -0.05) is 271 Å². The number of phosphoric ester groups is 2. The van der Waals surface area contributed by atoms with Gasteiger partial charge in [-0.05, 0) is 135 Å². The molecule has 17 nitrogen and oxygen atoms in total. The molecule has 5 unspecified atom stereocenters. The lowest BCUT2D eigenvalue weighted by Gasteiger charge is -2.21.